The number of fused-ring (bicyclic) bond motifs is 1. The van der Waals surface area contributed by atoms with Crippen molar-refractivity contribution < 1.29 is 24.1 Å². The number of hydrogen-bond acceptors (Lipinski definition) is 6. The maximum atomic E-state index is 11.8. The first-order valence-electron chi connectivity index (χ1n) is 7.12. The second-order valence-electron chi connectivity index (χ2n) is 5.13. The summed E-state index contributed by atoms with van der Waals surface area (Å²) in [7, 11) is 0. The molecule has 0 bridgehead atoms. The van der Waals surface area contributed by atoms with E-state index in [9.17, 15) is 9.90 Å². The molecular formula is C15H17N3O5. The van der Waals surface area contributed by atoms with E-state index < -0.39 is 6.10 Å². The number of benzene rings is 1. The quantitative estimate of drug-likeness (QED) is 0.720. The number of aliphatic hydroxyl groups is 1. The van der Waals surface area contributed by atoms with Gasteiger partial charge in [-0.3, -0.25) is 9.89 Å². The second-order valence-corrected chi connectivity index (χ2v) is 5.13. The number of aromatic nitrogens is 2. The minimum atomic E-state index is -0.843. The number of aromatic amines is 1. The number of carbonyl (C=O) groups excluding carboxylic acids is 1. The highest BCUT2D eigenvalue weighted by atomic mass is 16.7. The molecule has 2 aromatic rings. The monoisotopic (exact) mass is 319 g/mol. The molecular weight excluding hydrogens is 302 g/mol. The van der Waals surface area contributed by atoms with Crippen molar-refractivity contribution in [2.24, 2.45) is 0 Å². The van der Waals surface area contributed by atoms with Crippen molar-refractivity contribution in [1.29, 1.82) is 0 Å². The van der Waals surface area contributed by atoms with E-state index in [-0.39, 0.29) is 31.5 Å². The maximum absolute atomic E-state index is 11.8. The molecule has 1 aromatic heterocycles. The van der Waals surface area contributed by atoms with Crippen LogP contribution in [0.5, 0.6) is 17.2 Å². The number of amides is 1. The van der Waals surface area contributed by atoms with Gasteiger partial charge in [-0.05, 0) is 25.1 Å². The highest BCUT2D eigenvalue weighted by Gasteiger charge is 2.15. The van der Waals surface area contributed by atoms with E-state index >= 15 is 0 Å². The predicted octanol–water partition coefficient (Wildman–Crippen LogP) is 0.617. The van der Waals surface area contributed by atoms with E-state index in [0.717, 1.165) is 5.69 Å². The van der Waals surface area contributed by atoms with E-state index in [2.05, 4.69) is 15.5 Å². The standard InChI is InChI=1S/C15H17N3O5/c1-9-4-12(18-17-9)15(20)16-6-10(19)7-21-11-2-3-13-14(5-11)23-8-22-13/h2-5,10,19H,6-8H2,1H3,(H,16,20)(H,17,18). The number of nitrogens with zero attached hydrogens (tertiary/aromatic N) is 1. The van der Waals surface area contributed by atoms with Crippen LogP contribution in [-0.2, 0) is 0 Å². The van der Waals surface area contributed by atoms with Crippen LogP contribution in [0.4, 0.5) is 0 Å². The van der Waals surface area contributed by atoms with Crippen LogP contribution in [-0.4, -0.2) is 47.3 Å². The fourth-order valence-electron chi connectivity index (χ4n) is 2.05. The molecule has 0 spiro atoms. The van der Waals surface area contributed by atoms with Crippen LogP contribution in [0.1, 0.15) is 16.2 Å². The summed E-state index contributed by atoms with van der Waals surface area (Å²) < 4.78 is 15.9. The zero-order valence-corrected chi connectivity index (χ0v) is 12.5. The van der Waals surface area contributed by atoms with E-state index in [0.29, 0.717) is 17.2 Å². The first kappa shape index (κ1) is 15.2. The molecule has 3 rings (SSSR count). The highest BCUT2D eigenvalue weighted by Crippen LogP contribution is 2.35. The molecule has 8 heteroatoms. The van der Waals surface area contributed by atoms with Gasteiger partial charge in [0.05, 0.1) is 0 Å². The topological polar surface area (TPSA) is 106 Å². The fraction of sp³-hybridized carbons (Fsp3) is 0.333. The lowest BCUT2D eigenvalue weighted by molar-refractivity contribution is 0.0839. The summed E-state index contributed by atoms with van der Waals surface area (Å²) in [5.41, 5.74) is 1.08. The summed E-state index contributed by atoms with van der Waals surface area (Å²) in [6.45, 7) is 2.10. The minimum absolute atomic E-state index is 0.0412. The number of carbonyl (C=O) groups is 1. The van der Waals surface area contributed by atoms with Gasteiger partial charge in [0, 0.05) is 18.3 Å². The summed E-state index contributed by atoms with van der Waals surface area (Å²) >= 11 is 0. The fourth-order valence-corrected chi connectivity index (χ4v) is 2.05. The molecule has 1 unspecified atom stereocenters. The van der Waals surface area contributed by atoms with Crippen molar-refractivity contribution >= 4 is 5.91 Å². The third-order valence-electron chi connectivity index (χ3n) is 3.22. The Kier molecular flexibility index (Phi) is 4.33. The number of H-pyrrole nitrogens is 1. The number of rotatable bonds is 6. The summed E-state index contributed by atoms with van der Waals surface area (Å²) in [5.74, 6) is 1.48. The second kappa shape index (κ2) is 6.57. The Balaban J connectivity index is 1.44. The van der Waals surface area contributed by atoms with Crippen LogP contribution in [0.25, 0.3) is 0 Å². The molecule has 1 aromatic carbocycles. The van der Waals surface area contributed by atoms with Gasteiger partial charge in [-0.1, -0.05) is 0 Å². The van der Waals surface area contributed by atoms with E-state index in [1.165, 1.54) is 0 Å². The molecule has 8 nitrogen and oxygen atoms in total. The van der Waals surface area contributed by atoms with Crippen molar-refractivity contribution in [2.75, 3.05) is 19.9 Å². The molecule has 3 N–H and O–H groups in total. The predicted molar refractivity (Wildman–Crippen MR) is 79.7 cm³/mol. The lowest BCUT2D eigenvalue weighted by Gasteiger charge is -2.13. The Bertz CT molecular complexity index is 700. The van der Waals surface area contributed by atoms with Crippen molar-refractivity contribution in [3.8, 4) is 17.2 Å². The number of aryl methyl sites for hydroxylation is 1. The van der Waals surface area contributed by atoms with Gasteiger partial charge < -0.3 is 24.6 Å². The molecule has 0 radical (unpaired) electrons. The summed E-state index contributed by atoms with van der Waals surface area (Å²) in [6.07, 6.45) is -0.843. The van der Waals surface area contributed by atoms with Crippen LogP contribution in [0, 0.1) is 6.92 Å². The first-order chi connectivity index (χ1) is 11.1. The van der Waals surface area contributed by atoms with Gasteiger partial charge in [-0.25, -0.2) is 0 Å². The van der Waals surface area contributed by atoms with E-state index in [1.807, 2.05) is 0 Å². The molecule has 2 heterocycles. The van der Waals surface area contributed by atoms with Crippen molar-refractivity contribution in [3.05, 3.63) is 35.7 Å². The molecule has 0 aliphatic carbocycles. The number of aliphatic hydroxyl groups excluding tert-OH is 1. The van der Waals surface area contributed by atoms with Crippen molar-refractivity contribution in [2.45, 2.75) is 13.0 Å². The molecule has 1 atom stereocenters. The number of hydrogen-bond donors (Lipinski definition) is 3. The van der Waals surface area contributed by atoms with E-state index in [1.54, 1.807) is 31.2 Å². The zero-order chi connectivity index (χ0) is 16.2. The van der Waals surface area contributed by atoms with E-state index in [4.69, 9.17) is 14.2 Å². The smallest absolute Gasteiger partial charge is 0.271 e. The van der Waals surface area contributed by atoms with Gasteiger partial charge in [0.25, 0.3) is 5.91 Å². The first-order valence-corrected chi connectivity index (χ1v) is 7.12. The Hall–Kier alpha value is -2.74. The molecule has 1 aliphatic heterocycles. The molecule has 1 aliphatic rings. The zero-order valence-electron chi connectivity index (χ0n) is 12.5. The third kappa shape index (κ3) is 3.72. The van der Waals surface area contributed by atoms with Crippen LogP contribution in [0.2, 0.25) is 0 Å². The maximum Gasteiger partial charge on any atom is 0.271 e. The van der Waals surface area contributed by atoms with Gasteiger partial charge in [-0.2, -0.15) is 5.10 Å². The van der Waals surface area contributed by atoms with Gasteiger partial charge in [0.15, 0.2) is 11.5 Å². The van der Waals surface area contributed by atoms with Gasteiger partial charge >= 0.3 is 0 Å². The average Bonchev–Trinajstić information content (AvgIpc) is 3.18. The summed E-state index contributed by atoms with van der Waals surface area (Å²) in [5, 5.41) is 19.0. The van der Waals surface area contributed by atoms with Gasteiger partial charge in [0.2, 0.25) is 6.79 Å². The Morgan fingerprint density at radius 3 is 3.04 bits per heavy atom. The third-order valence-corrected chi connectivity index (χ3v) is 3.22. The minimum Gasteiger partial charge on any atom is -0.491 e. The van der Waals surface area contributed by atoms with Crippen LogP contribution in [0.15, 0.2) is 24.3 Å². The number of nitrogens with one attached hydrogen (secondary N) is 2. The van der Waals surface area contributed by atoms with Crippen LogP contribution < -0.4 is 19.5 Å². The molecule has 1 amide bonds. The SMILES string of the molecule is Cc1cc(C(=O)NCC(O)COc2ccc3c(c2)OCO3)n[nH]1. The van der Waals surface area contributed by atoms with Crippen LogP contribution >= 0.6 is 0 Å². The van der Waals surface area contributed by atoms with Gasteiger partial charge in [-0.15, -0.1) is 0 Å². The lowest BCUT2D eigenvalue weighted by Crippen LogP contribution is -2.35. The Morgan fingerprint density at radius 2 is 2.26 bits per heavy atom. The average molecular weight is 319 g/mol. The largest absolute Gasteiger partial charge is 0.491 e. The molecule has 0 saturated heterocycles. The van der Waals surface area contributed by atoms with Crippen LogP contribution in [0.3, 0.4) is 0 Å². The summed E-state index contributed by atoms with van der Waals surface area (Å²) in [4.78, 5) is 11.8. The molecule has 23 heavy (non-hydrogen) atoms. The Labute approximate surface area is 132 Å². The molecule has 0 fully saturated rings. The van der Waals surface area contributed by atoms with Crippen molar-refractivity contribution in [1.82, 2.24) is 15.5 Å². The highest BCUT2D eigenvalue weighted by molar-refractivity contribution is 5.92. The molecule has 122 valence electrons. The summed E-state index contributed by atoms with van der Waals surface area (Å²) in [6, 6.07) is 6.79. The normalized spacial score (nSPS) is 13.7. The molecule has 0 saturated carbocycles. The Morgan fingerprint density at radius 1 is 1.43 bits per heavy atom. The number of ether oxygens (including phenoxy) is 3. The van der Waals surface area contributed by atoms with Crippen molar-refractivity contribution in [3.63, 3.8) is 0 Å². The lowest BCUT2D eigenvalue weighted by atomic mass is 10.3. The van der Waals surface area contributed by atoms with Gasteiger partial charge in [0.1, 0.15) is 24.2 Å².